The van der Waals surface area contributed by atoms with E-state index in [4.69, 9.17) is 11.0 Å². The predicted molar refractivity (Wildman–Crippen MR) is 46.2 cm³/mol. The minimum absolute atomic E-state index is 0.0102. The number of hydrogen-bond donors (Lipinski definition) is 1. The van der Waals surface area contributed by atoms with Crippen LogP contribution in [-0.4, -0.2) is 19.1 Å². The molecule has 0 saturated heterocycles. The van der Waals surface area contributed by atoms with E-state index in [1.54, 1.807) is 6.07 Å². The van der Waals surface area contributed by atoms with Crippen molar-refractivity contribution in [2.45, 2.75) is 26.7 Å². The topological polar surface area (TPSA) is 76.1 Å². The summed E-state index contributed by atoms with van der Waals surface area (Å²) in [7, 11) is 0. The van der Waals surface area contributed by atoms with E-state index in [-0.39, 0.29) is 12.5 Å². The fraction of sp³-hybridized carbons (Fsp3) is 0.750. The Labute approximate surface area is 73.3 Å². The van der Waals surface area contributed by atoms with Crippen LogP contribution in [-0.2, 0) is 9.53 Å². The third kappa shape index (κ3) is 16.0. The summed E-state index contributed by atoms with van der Waals surface area (Å²) < 4.78 is 4.67. The number of nitrogens with zero attached hydrogens (tertiary/aromatic N) is 1. The molecule has 0 fully saturated rings. The van der Waals surface area contributed by atoms with Crippen LogP contribution in [0.1, 0.15) is 26.7 Å². The lowest BCUT2D eigenvalue weighted by atomic mass is 10.4. The van der Waals surface area contributed by atoms with E-state index in [0.717, 1.165) is 12.8 Å². The van der Waals surface area contributed by atoms with Gasteiger partial charge in [0.25, 0.3) is 0 Å². The average Bonchev–Trinajstić information content (AvgIpc) is 2.06. The molecule has 0 bridgehead atoms. The van der Waals surface area contributed by atoms with Gasteiger partial charge in [-0.3, -0.25) is 4.79 Å². The van der Waals surface area contributed by atoms with Crippen molar-refractivity contribution in [1.29, 1.82) is 5.26 Å². The molecule has 0 aromatic rings. The Morgan fingerprint density at radius 1 is 1.67 bits per heavy atom. The van der Waals surface area contributed by atoms with E-state index >= 15 is 0 Å². The lowest BCUT2D eigenvalue weighted by molar-refractivity contribution is -0.141. The van der Waals surface area contributed by atoms with Gasteiger partial charge in [-0.2, -0.15) is 5.26 Å². The van der Waals surface area contributed by atoms with Crippen LogP contribution in [0, 0.1) is 11.3 Å². The van der Waals surface area contributed by atoms with Crippen molar-refractivity contribution in [3.8, 4) is 6.07 Å². The standard InChI is InChI=1S/C6H13NO2.C2H3N/c1-2-3-4-9-6(8)5-7;1-2-3/h2-5,7H2,1H3;1H3. The van der Waals surface area contributed by atoms with Crippen molar-refractivity contribution < 1.29 is 9.53 Å². The second-order valence-corrected chi connectivity index (χ2v) is 2.00. The minimum atomic E-state index is -0.316. The van der Waals surface area contributed by atoms with Gasteiger partial charge in [-0.15, -0.1) is 0 Å². The molecule has 0 aliphatic rings. The highest BCUT2D eigenvalue weighted by Gasteiger charge is 1.94. The maximum Gasteiger partial charge on any atom is 0.319 e. The first-order valence-corrected chi connectivity index (χ1v) is 3.89. The first kappa shape index (κ1) is 13.5. The summed E-state index contributed by atoms with van der Waals surface area (Å²) in [4.78, 5) is 10.3. The lowest BCUT2D eigenvalue weighted by Gasteiger charge is -1.99. The number of esters is 1. The Hall–Kier alpha value is -1.08. The Balaban J connectivity index is 0. The molecule has 0 spiro atoms. The highest BCUT2D eigenvalue weighted by atomic mass is 16.5. The van der Waals surface area contributed by atoms with Gasteiger partial charge < -0.3 is 10.5 Å². The number of ether oxygens (including phenoxy) is 1. The summed E-state index contributed by atoms with van der Waals surface area (Å²) in [5.41, 5.74) is 4.98. The molecule has 0 unspecified atom stereocenters. The van der Waals surface area contributed by atoms with Gasteiger partial charge in [0.1, 0.15) is 0 Å². The molecule has 0 aromatic heterocycles. The summed E-state index contributed by atoms with van der Waals surface area (Å²) >= 11 is 0. The van der Waals surface area contributed by atoms with Crippen molar-refractivity contribution in [1.82, 2.24) is 0 Å². The molecule has 12 heavy (non-hydrogen) atoms. The van der Waals surface area contributed by atoms with Crippen LogP contribution in [0.15, 0.2) is 0 Å². The smallest absolute Gasteiger partial charge is 0.319 e. The van der Waals surface area contributed by atoms with Crippen LogP contribution < -0.4 is 5.73 Å². The van der Waals surface area contributed by atoms with Gasteiger partial charge in [-0.25, -0.2) is 0 Å². The van der Waals surface area contributed by atoms with E-state index in [1.807, 2.05) is 6.92 Å². The average molecular weight is 172 g/mol. The normalized spacial score (nSPS) is 7.50. The van der Waals surface area contributed by atoms with Crippen LogP contribution in [0.4, 0.5) is 0 Å². The SMILES string of the molecule is CC#N.CCCCOC(=O)CN. The molecule has 0 heterocycles. The molecule has 70 valence electrons. The van der Waals surface area contributed by atoms with Gasteiger partial charge in [0.15, 0.2) is 0 Å². The van der Waals surface area contributed by atoms with Crippen LogP contribution in [0.5, 0.6) is 0 Å². The third-order valence-corrected chi connectivity index (χ3v) is 0.928. The Morgan fingerprint density at radius 2 is 2.17 bits per heavy atom. The van der Waals surface area contributed by atoms with Gasteiger partial charge in [-0.1, -0.05) is 13.3 Å². The molecule has 0 amide bonds. The fourth-order valence-corrected chi connectivity index (χ4v) is 0.389. The molecule has 0 atom stereocenters. The molecular formula is C8H16N2O2. The van der Waals surface area contributed by atoms with Crippen LogP contribution in [0.3, 0.4) is 0 Å². The molecule has 0 rings (SSSR count). The number of rotatable bonds is 4. The zero-order valence-electron chi connectivity index (χ0n) is 7.67. The Morgan fingerprint density at radius 3 is 2.50 bits per heavy atom. The van der Waals surface area contributed by atoms with Gasteiger partial charge >= 0.3 is 5.97 Å². The first-order chi connectivity index (χ1) is 5.72. The van der Waals surface area contributed by atoms with Crippen molar-refractivity contribution in [2.24, 2.45) is 5.73 Å². The van der Waals surface area contributed by atoms with Gasteiger partial charge in [0.05, 0.1) is 19.2 Å². The van der Waals surface area contributed by atoms with Crippen LogP contribution in [0.25, 0.3) is 0 Å². The van der Waals surface area contributed by atoms with E-state index in [2.05, 4.69) is 4.74 Å². The van der Waals surface area contributed by atoms with Crippen molar-refractivity contribution in [3.05, 3.63) is 0 Å². The first-order valence-electron chi connectivity index (χ1n) is 3.89. The minimum Gasteiger partial charge on any atom is -0.465 e. The quantitative estimate of drug-likeness (QED) is 0.503. The third-order valence-electron chi connectivity index (χ3n) is 0.928. The van der Waals surface area contributed by atoms with Crippen LogP contribution >= 0.6 is 0 Å². The van der Waals surface area contributed by atoms with Crippen molar-refractivity contribution in [2.75, 3.05) is 13.2 Å². The highest BCUT2D eigenvalue weighted by molar-refractivity contribution is 5.71. The summed E-state index contributed by atoms with van der Waals surface area (Å²) in [5.74, 6) is -0.316. The number of unbranched alkanes of at least 4 members (excludes halogenated alkanes) is 1. The highest BCUT2D eigenvalue weighted by Crippen LogP contribution is 1.86. The second-order valence-electron chi connectivity index (χ2n) is 2.00. The number of nitriles is 1. The summed E-state index contributed by atoms with van der Waals surface area (Å²) in [6.07, 6.45) is 1.96. The number of nitrogens with two attached hydrogens (primary N) is 1. The summed E-state index contributed by atoms with van der Waals surface area (Å²) in [6.45, 7) is 3.96. The number of carbonyl (C=O) groups excluding carboxylic acids is 1. The van der Waals surface area contributed by atoms with E-state index in [1.165, 1.54) is 6.92 Å². The number of carbonyl (C=O) groups is 1. The molecule has 2 N–H and O–H groups in total. The summed E-state index contributed by atoms with van der Waals surface area (Å²) in [5, 5.41) is 7.32. The van der Waals surface area contributed by atoms with Crippen molar-refractivity contribution in [3.63, 3.8) is 0 Å². The van der Waals surface area contributed by atoms with E-state index < -0.39 is 0 Å². The lowest BCUT2D eigenvalue weighted by Crippen LogP contribution is -2.17. The van der Waals surface area contributed by atoms with Gasteiger partial charge in [0.2, 0.25) is 0 Å². The van der Waals surface area contributed by atoms with Gasteiger partial charge in [0, 0.05) is 6.92 Å². The molecule has 0 aliphatic carbocycles. The van der Waals surface area contributed by atoms with E-state index in [9.17, 15) is 4.79 Å². The molecule has 4 nitrogen and oxygen atoms in total. The maximum absolute atomic E-state index is 10.3. The zero-order chi connectivity index (χ0) is 9.82. The number of hydrogen-bond acceptors (Lipinski definition) is 4. The fourth-order valence-electron chi connectivity index (χ4n) is 0.389. The monoisotopic (exact) mass is 172 g/mol. The largest absolute Gasteiger partial charge is 0.465 e. The predicted octanol–water partition coefficient (Wildman–Crippen LogP) is 0.818. The maximum atomic E-state index is 10.3. The molecule has 0 aliphatic heterocycles. The molecule has 0 radical (unpaired) electrons. The van der Waals surface area contributed by atoms with Crippen LogP contribution in [0.2, 0.25) is 0 Å². The molecule has 0 aromatic carbocycles. The zero-order valence-corrected chi connectivity index (χ0v) is 7.67. The van der Waals surface area contributed by atoms with Gasteiger partial charge in [-0.05, 0) is 6.42 Å². The van der Waals surface area contributed by atoms with Crippen molar-refractivity contribution >= 4 is 5.97 Å². The molecule has 0 saturated carbocycles. The Kier molecular flexibility index (Phi) is 14.2. The second kappa shape index (κ2) is 12.6. The molecule has 4 heteroatoms. The summed E-state index contributed by atoms with van der Waals surface area (Å²) in [6, 6.07) is 1.75. The van der Waals surface area contributed by atoms with E-state index in [0.29, 0.717) is 6.61 Å². The molecular weight excluding hydrogens is 156 g/mol. The Bertz CT molecular complexity index is 140.